The first-order valence-corrected chi connectivity index (χ1v) is 10.8. The molecule has 0 bridgehead atoms. The van der Waals surface area contributed by atoms with Gasteiger partial charge in [0.05, 0.1) is 11.7 Å². The van der Waals surface area contributed by atoms with Crippen LogP contribution in [0.3, 0.4) is 0 Å². The third-order valence-electron chi connectivity index (χ3n) is 4.27. The second-order valence-corrected chi connectivity index (χ2v) is 9.77. The maximum absolute atomic E-state index is 10.00. The van der Waals surface area contributed by atoms with Gasteiger partial charge in [-0.3, -0.25) is 0 Å². The van der Waals surface area contributed by atoms with E-state index in [1.807, 2.05) is 20.8 Å². The van der Waals surface area contributed by atoms with Gasteiger partial charge in [-0.1, -0.05) is 66.7 Å². The van der Waals surface area contributed by atoms with Crippen LogP contribution in [0.4, 0.5) is 0 Å². The number of aliphatic hydroxyl groups excluding tert-OH is 1. The van der Waals surface area contributed by atoms with E-state index in [0.717, 1.165) is 51.4 Å². The molecule has 0 rings (SSSR count). The van der Waals surface area contributed by atoms with E-state index in [2.05, 4.69) is 34.6 Å². The minimum Gasteiger partial charge on any atom is -0.391 e. The van der Waals surface area contributed by atoms with Crippen LogP contribution in [-0.2, 0) is 19.6 Å². The lowest BCUT2D eigenvalue weighted by atomic mass is 9.84. The predicted octanol–water partition coefficient (Wildman–Crippen LogP) is 6.34. The second-order valence-electron chi connectivity index (χ2n) is 9.77. The summed E-state index contributed by atoms with van der Waals surface area (Å²) in [5.41, 5.74) is -0.307. The number of aliphatic hydroxyl groups is 1. The van der Waals surface area contributed by atoms with E-state index in [1.165, 1.54) is 0 Å². The summed E-state index contributed by atoms with van der Waals surface area (Å²) in [6.07, 6.45) is 8.13. The van der Waals surface area contributed by atoms with E-state index in [0.29, 0.717) is 6.42 Å². The van der Waals surface area contributed by atoms with Gasteiger partial charge in [0.1, 0.15) is 6.61 Å². The van der Waals surface area contributed by atoms with Crippen molar-refractivity contribution in [2.75, 3.05) is 6.61 Å². The first-order valence-electron chi connectivity index (χ1n) is 10.8. The summed E-state index contributed by atoms with van der Waals surface area (Å²) in [7, 11) is 0. The summed E-state index contributed by atoms with van der Waals surface area (Å²) >= 11 is 0. The summed E-state index contributed by atoms with van der Waals surface area (Å²) in [6.45, 7) is 16.8. The van der Waals surface area contributed by atoms with Gasteiger partial charge in [0.25, 0.3) is 0 Å². The average Bonchev–Trinajstić information content (AvgIpc) is 2.52. The van der Waals surface area contributed by atoms with Crippen molar-refractivity contribution in [1.82, 2.24) is 0 Å². The van der Waals surface area contributed by atoms with Gasteiger partial charge in [-0.25, -0.2) is 9.78 Å². The lowest BCUT2D eigenvalue weighted by Crippen LogP contribution is -2.39. The monoisotopic (exact) mass is 390 g/mol. The molecule has 5 heteroatoms. The predicted molar refractivity (Wildman–Crippen MR) is 110 cm³/mol. The van der Waals surface area contributed by atoms with Gasteiger partial charge in [-0.15, -0.1) is 0 Å². The van der Waals surface area contributed by atoms with E-state index in [-0.39, 0.29) is 12.0 Å². The molecule has 0 aromatic carbocycles. The van der Waals surface area contributed by atoms with Crippen molar-refractivity contribution in [2.45, 2.75) is 131 Å². The maximum atomic E-state index is 10.00. The zero-order valence-corrected chi connectivity index (χ0v) is 19.2. The van der Waals surface area contributed by atoms with Crippen LogP contribution in [0.15, 0.2) is 0 Å². The Morgan fingerprint density at radius 1 is 0.778 bits per heavy atom. The van der Waals surface area contributed by atoms with Crippen molar-refractivity contribution in [2.24, 2.45) is 5.41 Å². The minimum absolute atomic E-state index is 0.130. The normalized spacial score (nSPS) is 16.3. The molecule has 5 nitrogen and oxygen atoms in total. The molecule has 0 aromatic heterocycles. The first kappa shape index (κ1) is 26.8. The minimum atomic E-state index is -0.993. The van der Waals surface area contributed by atoms with Crippen molar-refractivity contribution in [3.8, 4) is 0 Å². The first-order chi connectivity index (χ1) is 12.4. The van der Waals surface area contributed by atoms with E-state index in [9.17, 15) is 5.11 Å². The summed E-state index contributed by atoms with van der Waals surface area (Å²) in [5, 5.41) is 10.00. The van der Waals surface area contributed by atoms with Crippen molar-refractivity contribution in [3.63, 3.8) is 0 Å². The fourth-order valence-corrected chi connectivity index (χ4v) is 3.25. The molecule has 2 atom stereocenters. The highest BCUT2D eigenvalue weighted by Crippen LogP contribution is 2.32. The molecule has 0 aliphatic heterocycles. The van der Waals surface area contributed by atoms with E-state index >= 15 is 0 Å². The Balaban J connectivity index is 4.56. The van der Waals surface area contributed by atoms with Crippen LogP contribution in [0.1, 0.15) is 113 Å². The topological polar surface area (TPSA) is 57.2 Å². The third kappa shape index (κ3) is 15.4. The Morgan fingerprint density at radius 2 is 1.37 bits per heavy atom. The largest absolute Gasteiger partial charge is 0.391 e. The van der Waals surface area contributed by atoms with Gasteiger partial charge in [-0.2, -0.15) is 9.78 Å². The van der Waals surface area contributed by atoms with Gasteiger partial charge >= 0.3 is 0 Å². The van der Waals surface area contributed by atoms with Crippen LogP contribution in [-0.4, -0.2) is 29.2 Å². The summed E-state index contributed by atoms with van der Waals surface area (Å²) in [4.78, 5) is 22.4. The molecule has 0 amide bonds. The Hall–Kier alpha value is -0.200. The molecule has 0 aromatic rings. The van der Waals surface area contributed by atoms with Gasteiger partial charge in [0.2, 0.25) is 5.79 Å². The highest BCUT2D eigenvalue weighted by Gasteiger charge is 2.34. The zero-order chi connectivity index (χ0) is 21.0. The van der Waals surface area contributed by atoms with Crippen molar-refractivity contribution in [1.29, 1.82) is 0 Å². The van der Waals surface area contributed by atoms with E-state index in [1.54, 1.807) is 0 Å². The van der Waals surface area contributed by atoms with Crippen LogP contribution in [0.2, 0.25) is 0 Å². The van der Waals surface area contributed by atoms with E-state index < -0.39 is 17.5 Å². The molecule has 1 N–H and O–H groups in total. The smallest absolute Gasteiger partial charge is 0.231 e. The van der Waals surface area contributed by atoms with Crippen LogP contribution in [0.5, 0.6) is 0 Å². The number of hydrogen-bond acceptors (Lipinski definition) is 5. The fourth-order valence-electron chi connectivity index (χ4n) is 3.25. The molecule has 0 radical (unpaired) electrons. The molecule has 0 spiro atoms. The molecule has 0 saturated carbocycles. The highest BCUT2D eigenvalue weighted by molar-refractivity contribution is 4.76. The van der Waals surface area contributed by atoms with Crippen molar-refractivity contribution >= 4 is 0 Å². The second kappa shape index (κ2) is 13.1. The summed E-state index contributed by atoms with van der Waals surface area (Å²) < 4.78 is 0. The molecule has 27 heavy (non-hydrogen) atoms. The molecule has 0 saturated heterocycles. The molecule has 164 valence electrons. The SMILES string of the molecule is CCCCCC(O)COOC(C)(CCCCC)OOC(C)(C)CC(C)(C)C. The Morgan fingerprint density at radius 3 is 1.93 bits per heavy atom. The third-order valence-corrected chi connectivity index (χ3v) is 4.27. The van der Waals surface area contributed by atoms with Crippen LogP contribution < -0.4 is 0 Å². The number of hydrogen-bond donors (Lipinski definition) is 1. The highest BCUT2D eigenvalue weighted by atomic mass is 17.3. The molecule has 0 heterocycles. The Kier molecular flexibility index (Phi) is 13.0. The zero-order valence-electron chi connectivity index (χ0n) is 19.2. The van der Waals surface area contributed by atoms with Gasteiger partial charge < -0.3 is 5.11 Å². The standard InChI is InChI=1S/C22H46O5/c1-9-11-13-15-19(23)17-24-26-22(8,16-14-12-10-2)27-25-21(6,7)18-20(3,4)5/h19,23H,9-18H2,1-8H3. The summed E-state index contributed by atoms with van der Waals surface area (Å²) in [6, 6.07) is 0. The fraction of sp³-hybridized carbons (Fsp3) is 1.00. The average molecular weight is 391 g/mol. The van der Waals surface area contributed by atoms with Crippen LogP contribution >= 0.6 is 0 Å². The van der Waals surface area contributed by atoms with Gasteiger partial charge in [0.15, 0.2) is 0 Å². The number of rotatable bonds is 16. The maximum Gasteiger partial charge on any atom is 0.231 e. The molecule has 0 fully saturated rings. The van der Waals surface area contributed by atoms with Gasteiger partial charge in [-0.05, 0) is 45.4 Å². The molecular formula is C22H46O5. The Labute approximate surface area is 168 Å². The van der Waals surface area contributed by atoms with Crippen LogP contribution in [0, 0.1) is 5.41 Å². The Bertz CT molecular complexity index is 364. The van der Waals surface area contributed by atoms with Crippen molar-refractivity contribution in [3.05, 3.63) is 0 Å². The van der Waals surface area contributed by atoms with Crippen molar-refractivity contribution < 1.29 is 24.7 Å². The van der Waals surface area contributed by atoms with Crippen LogP contribution in [0.25, 0.3) is 0 Å². The molecule has 0 aliphatic carbocycles. The summed E-state index contributed by atoms with van der Waals surface area (Å²) in [5.74, 6) is -0.993. The molecule has 2 unspecified atom stereocenters. The molecular weight excluding hydrogens is 344 g/mol. The quantitative estimate of drug-likeness (QED) is 0.144. The number of unbranched alkanes of at least 4 members (excludes halogenated alkanes) is 4. The lowest BCUT2D eigenvalue weighted by Gasteiger charge is -2.35. The van der Waals surface area contributed by atoms with E-state index in [4.69, 9.17) is 19.6 Å². The molecule has 0 aliphatic rings. The lowest BCUT2D eigenvalue weighted by molar-refractivity contribution is -0.527. The van der Waals surface area contributed by atoms with Gasteiger partial charge in [0, 0.05) is 6.42 Å².